The highest BCUT2D eigenvalue weighted by Crippen LogP contribution is 2.30. The molecule has 0 unspecified atom stereocenters. The zero-order valence-corrected chi connectivity index (χ0v) is 16.2. The Bertz CT molecular complexity index is 1040. The number of carboxylic acids is 1. The number of ether oxygens (including phenoxy) is 2. The molecule has 1 fully saturated rings. The van der Waals surface area contributed by atoms with Gasteiger partial charge in [0.05, 0.1) is 7.11 Å². The molecule has 0 atom stereocenters. The SMILES string of the molecule is COc1cc(/C=C2\C(=O)NC(=S)N(C)C2=O)ccc1OCc1ccc(C(=O)O)o1. The molecule has 1 aliphatic rings. The standard InChI is InChI=1S/C19H16N2O7S/c1-21-17(23)12(16(22)20-19(21)29)7-10-3-5-13(15(8-10)26-2)27-9-11-4-6-14(28-11)18(24)25/h3-8H,9H2,1-2H3,(H,24,25)(H,20,22,29)/b12-7+. The van der Waals surface area contributed by atoms with Gasteiger partial charge in [0.25, 0.3) is 11.8 Å². The number of carboxylic acid groups (broad SMARTS) is 1. The van der Waals surface area contributed by atoms with E-state index in [0.717, 1.165) is 0 Å². The first-order valence-corrected chi connectivity index (χ1v) is 8.69. The Morgan fingerprint density at radius 1 is 1.28 bits per heavy atom. The molecular formula is C19H16N2O7S. The lowest BCUT2D eigenvalue weighted by molar-refractivity contribution is -0.128. The fourth-order valence-electron chi connectivity index (χ4n) is 2.52. The summed E-state index contributed by atoms with van der Waals surface area (Å²) in [5, 5.41) is 11.4. The normalized spacial score (nSPS) is 15.4. The average Bonchev–Trinajstić information content (AvgIpc) is 3.17. The van der Waals surface area contributed by atoms with Gasteiger partial charge < -0.3 is 19.0 Å². The molecule has 1 saturated heterocycles. The first-order chi connectivity index (χ1) is 13.8. The maximum absolute atomic E-state index is 12.3. The number of rotatable bonds is 6. The molecule has 150 valence electrons. The molecule has 0 aliphatic carbocycles. The van der Waals surface area contributed by atoms with Crippen LogP contribution in [0.5, 0.6) is 11.5 Å². The van der Waals surface area contributed by atoms with Gasteiger partial charge in [-0.25, -0.2) is 4.79 Å². The van der Waals surface area contributed by atoms with Crippen molar-refractivity contribution in [1.82, 2.24) is 10.2 Å². The summed E-state index contributed by atoms with van der Waals surface area (Å²) in [6.07, 6.45) is 1.42. The number of nitrogens with one attached hydrogen (secondary N) is 1. The van der Waals surface area contributed by atoms with Gasteiger partial charge in [0.15, 0.2) is 16.6 Å². The van der Waals surface area contributed by atoms with Gasteiger partial charge in [-0.1, -0.05) is 6.07 Å². The molecule has 2 N–H and O–H groups in total. The number of furan rings is 1. The molecule has 3 rings (SSSR count). The van der Waals surface area contributed by atoms with E-state index >= 15 is 0 Å². The van der Waals surface area contributed by atoms with Crippen LogP contribution in [0.25, 0.3) is 6.08 Å². The number of carbonyl (C=O) groups excluding carboxylic acids is 2. The summed E-state index contributed by atoms with van der Waals surface area (Å²) in [6.45, 7) is -0.00674. The minimum Gasteiger partial charge on any atom is -0.493 e. The van der Waals surface area contributed by atoms with E-state index in [4.69, 9.17) is 31.2 Å². The molecule has 1 aliphatic heterocycles. The summed E-state index contributed by atoms with van der Waals surface area (Å²) in [7, 11) is 2.92. The van der Waals surface area contributed by atoms with Gasteiger partial charge in [-0.3, -0.25) is 19.8 Å². The molecule has 29 heavy (non-hydrogen) atoms. The number of likely N-dealkylation sites (N-methyl/N-ethyl adjacent to an activating group) is 1. The Balaban J connectivity index is 1.79. The number of carbonyl (C=O) groups is 3. The average molecular weight is 416 g/mol. The maximum atomic E-state index is 12.3. The van der Waals surface area contributed by atoms with Crippen molar-refractivity contribution in [3.63, 3.8) is 0 Å². The molecule has 0 radical (unpaired) electrons. The molecule has 9 nitrogen and oxygen atoms in total. The van der Waals surface area contributed by atoms with Crippen LogP contribution in [0.1, 0.15) is 21.9 Å². The largest absolute Gasteiger partial charge is 0.493 e. The molecule has 2 heterocycles. The highest BCUT2D eigenvalue weighted by molar-refractivity contribution is 7.80. The summed E-state index contributed by atoms with van der Waals surface area (Å²) in [5.74, 6) is -1.37. The van der Waals surface area contributed by atoms with Gasteiger partial charge in [0.1, 0.15) is 17.9 Å². The second kappa shape index (κ2) is 8.15. The molecule has 2 amide bonds. The summed E-state index contributed by atoms with van der Waals surface area (Å²) >= 11 is 4.91. The Kier molecular flexibility index (Phi) is 5.64. The van der Waals surface area contributed by atoms with Gasteiger partial charge >= 0.3 is 5.97 Å². The lowest BCUT2D eigenvalue weighted by atomic mass is 10.1. The van der Waals surface area contributed by atoms with Crippen LogP contribution in [0, 0.1) is 0 Å². The smallest absolute Gasteiger partial charge is 0.371 e. The van der Waals surface area contributed by atoms with Crippen molar-refractivity contribution in [3.8, 4) is 11.5 Å². The van der Waals surface area contributed by atoms with Crippen LogP contribution in [0.15, 0.2) is 40.3 Å². The van der Waals surface area contributed by atoms with Crippen molar-refractivity contribution in [3.05, 3.63) is 53.0 Å². The van der Waals surface area contributed by atoms with Gasteiger partial charge in [-0.15, -0.1) is 0 Å². The van der Waals surface area contributed by atoms with E-state index in [1.165, 1.54) is 37.3 Å². The summed E-state index contributed by atoms with van der Waals surface area (Å²) in [5.41, 5.74) is 0.480. The van der Waals surface area contributed by atoms with Crippen LogP contribution in [-0.4, -0.2) is 47.1 Å². The van der Waals surface area contributed by atoms with E-state index in [9.17, 15) is 14.4 Å². The highest BCUT2D eigenvalue weighted by atomic mass is 32.1. The fourth-order valence-corrected chi connectivity index (χ4v) is 2.70. The zero-order chi connectivity index (χ0) is 21.1. The number of aromatic carboxylic acids is 1. The quantitative estimate of drug-likeness (QED) is 0.416. The lowest BCUT2D eigenvalue weighted by Crippen LogP contribution is -2.52. The number of hydrogen-bond donors (Lipinski definition) is 2. The number of benzene rings is 1. The molecule has 10 heteroatoms. The van der Waals surface area contributed by atoms with Gasteiger partial charge in [0.2, 0.25) is 5.76 Å². The fraction of sp³-hybridized carbons (Fsp3) is 0.158. The molecule has 0 saturated carbocycles. The molecular weight excluding hydrogens is 400 g/mol. The highest BCUT2D eigenvalue weighted by Gasteiger charge is 2.30. The van der Waals surface area contributed by atoms with Crippen LogP contribution in [0.4, 0.5) is 0 Å². The Morgan fingerprint density at radius 2 is 2.03 bits per heavy atom. The third kappa shape index (κ3) is 4.27. The van der Waals surface area contributed by atoms with Crippen LogP contribution >= 0.6 is 12.2 Å². The predicted octanol–water partition coefficient (Wildman–Crippen LogP) is 1.82. The second-order valence-corrected chi connectivity index (χ2v) is 6.34. The Morgan fingerprint density at radius 3 is 2.69 bits per heavy atom. The van der Waals surface area contributed by atoms with Gasteiger partial charge in [0, 0.05) is 7.05 Å². The van der Waals surface area contributed by atoms with Crippen molar-refractivity contribution in [2.75, 3.05) is 14.2 Å². The first kappa shape index (κ1) is 20.1. The Labute approximate surface area is 170 Å². The van der Waals surface area contributed by atoms with Crippen molar-refractivity contribution >= 4 is 41.2 Å². The second-order valence-electron chi connectivity index (χ2n) is 5.95. The molecule has 1 aromatic heterocycles. The zero-order valence-electron chi connectivity index (χ0n) is 15.4. The van der Waals surface area contributed by atoms with Crippen LogP contribution in [0.3, 0.4) is 0 Å². The number of hydrogen-bond acceptors (Lipinski definition) is 7. The van der Waals surface area contributed by atoms with Crippen molar-refractivity contribution in [2.45, 2.75) is 6.61 Å². The summed E-state index contributed by atoms with van der Waals surface area (Å²) in [6, 6.07) is 7.68. The van der Waals surface area contributed by atoms with Gasteiger partial charge in [-0.05, 0) is 48.1 Å². The first-order valence-electron chi connectivity index (χ1n) is 8.28. The summed E-state index contributed by atoms with van der Waals surface area (Å²) < 4.78 is 16.1. The van der Waals surface area contributed by atoms with E-state index in [-0.39, 0.29) is 23.1 Å². The lowest BCUT2D eigenvalue weighted by Gasteiger charge is -2.25. The van der Waals surface area contributed by atoms with E-state index < -0.39 is 17.8 Å². The monoisotopic (exact) mass is 416 g/mol. The number of thiocarbonyl (C=S) groups is 1. The van der Waals surface area contributed by atoms with E-state index in [0.29, 0.717) is 22.8 Å². The van der Waals surface area contributed by atoms with Crippen LogP contribution in [0.2, 0.25) is 0 Å². The minimum absolute atomic E-state index is 0.00674. The van der Waals surface area contributed by atoms with E-state index in [1.54, 1.807) is 18.2 Å². The molecule has 0 bridgehead atoms. The molecule has 0 spiro atoms. The predicted molar refractivity (Wildman–Crippen MR) is 104 cm³/mol. The number of methoxy groups -OCH3 is 1. The van der Waals surface area contributed by atoms with Gasteiger partial charge in [-0.2, -0.15) is 0 Å². The Hall–Kier alpha value is -3.66. The van der Waals surface area contributed by atoms with Crippen molar-refractivity contribution in [2.24, 2.45) is 0 Å². The molecule has 1 aromatic carbocycles. The third-order valence-electron chi connectivity index (χ3n) is 4.05. The van der Waals surface area contributed by atoms with Crippen LogP contribution < -0.4 is 14.8 Å². The van der Waals surface area contributed by atoms with Crippen LogP contribution in [-0.2, 0) is 16.2 Å². The number of amides is 2. The maximum Gasteiger partial charge on any atom is 0.371 e. The van der Waals surface area contributed by atoms with E-state index in [1.807, 2.05) is 0 Å². The number of nitrogens with zero attached hydrogens (tertiary/aromatic N) is 1. The minimum atomic E-state index is -1.17. The summed E-state index contributed by atoms with van der Waals surface area (Å²) in [4.78, 5) is 36.4. The van der Waals surface area contributed by atoms with Crippen molar-refractivity contribution in [1.29, 1.82) is 0 Å². The van der Waals surface area contributed by atoms with Crippen molar-refractivity contribution < 1.29 is 33.4 Å². The third-order valence-corrected chi connectivity index (χ3v) is 4.42. The molecule has 2 aromatic rings. The van der Waals surface area contributed by atoms with E-state index in [2.05, 4.69) is 5.32 Å². The topological polar surface area (TPSA) is 118 Å².